The summed E-state index contributed by atoms with van der Waals surface area (Å²) < 4.78 is 2.47. The predicted octanol–water partition coefficient (Wildman–Crippen LogP) is 1.65. The van der Waals surface area contributed by atoms with Crippen molar-refractivity contribution in [2.45, 2.75) is 13.0 Å². The normalized spacial score (nSPS) is 13.3. The van der Waals surface area contributed by atoms with Gasteiger partial charge in [0, 0.05) is 4.47 Å². The van der Waals surface area contributed by atoms with Gasteiger partial charge in [-0.25, -0.2) is 4.79 Å². The minimum absolute atomic E-state index is 0.0527. The molecule has 0 aliphatic carbocycles. The van der Waals surface area contributed by atoms with Gasteiger partial charge in [0.25, 0.3) is 0 Å². The van der Waals surface area contributed by atoms with E-state index in [9.17, 15) is 4.79 Å². The van der Waals surface area contributed by atoms with Gasteiger partial charge in [0.1, 0.15) is 0 Å². The number of hydrogen-bond donors (Lipinski definition) is 2. The van der Waals surface area contributed by atoms with Crippen molar-refractivity contribution in [3.8, 4) is 0 Å². The van der Waals surface area contributed by atoms with Crippen LogP contribution >= 0.6 is 15.9 Å². The van der Waals surface area contributed by atoms with Gasteiger partial charge in [0.15, 0.2) is 0 Å². The lowest BCUT2D eigenvalue weighted by molar-refractivity contribution is 0.239. The Bertz CT molecular complexity index is 544. The number of H-pyrrole nitrogens is 1. The van der Waals surface area contributed by atoms with Crippen LogP contribution in [-0.2, 0) is 0 Å². The molecule has 0 aliphatic rings. The first-order valence-corrected chi connectivity index (χ1v) is 5.43. The van der Waals surface area contributed by atoms with E-state index in [1.165, 1.54) is 0 Å². The number of aliphatic hydroxyl groups is 1. The van der Waals surface area contributed by atoms with Crippen LogP contribution in [0.1, 0.15) is 13.0 Å². The molecule has 0 bridgehead atoms. The number of aliphatic hydroxyl groups excluding tert-OH is 1. The fourth-order valence-electron chi connectivity index (χ4n) is 1.62. The molecule has 2 N–H and O–H groups in total. The lowest BCUT2D eigenvalue weighted by Crippen LogP contribution is -2.22. The van der Waals surface area contributed by atoms with E-state index in [2.05, 4.69) is 20.9 Å². The summed E-state index contributed by atoms with van der Waals surface area (Å²) >= 11 is 3.34. The number of halogens is 1. The van der Waals surface area contributed by atoms with Crippen molar-refractivity contribution in [2.24, 2.45) is 0 Å². The SMILES string of the molecule is CC(CO)n1c(=O)[nH]c2cc(Br)ccc21. The Morgan fingerprint density at radius 1 is 1.60 bits per heavy atom. The van der Waals surface area contributed by atoms with E-state index in [1.807, 2.05) is 18.2 Å². The number of hydrogen-bond acceptors (Lipinski definition) is 2. The van der Waals surface area contributed by atoms with Crippen molar-refractivity contribution in [3.63, 3.8) is 0 Å². The average Bonchev–Trinajstić information content (AvgIpc) is 2.52. The summed E-state index contributed by atoms with van der Waals surface area (Å²) in [6.07, 6.45) is 0. The van der Waals surface area contributed by atoms with Gasteiger partial charge < -0.3 is 10.1 Å². The van der Waals surface area contributed by atoms with Crippen molar-refractivity contribution in [1.82, 2.24) is 9.55 Å². The number of imidazole rings is 1. The van der Waals surface area contributed by atoms with Gasteiger partial charge in [-0.2, -0.15) is 0 Å². The molecule has 0 spiro atoms. The molecule has 80 valence electrons. The summed E-state index contributed by atoms with van der Waals surface area (Å²) in [7, 11) is 0. The van der Waals surface area contributed by atoms with Gasteiger partial charge in [-0.1, -0.05) is 15.9 Å². The van der Waals surface area contributed by atoms with Crippen LogP contribution in [0, 0.1) is 0 Å². The van der Waals surface area contributed by atoms with Crippen LogP contribution in [0.4, 0.5) is 0 Å². The summed E-state index contributed by atoms with van der Waals surface area (Å²) in [6, 6.07) is 5.35. The molecule has 0 radical (unpaired) electrons. The number of nitrogens with zero attached hydrogens (tertiary/aromatic N) is 1. The van der Waals surface area contributed by atoms with Gasteiger partial charge in [-0.05, 0) is 25.1 Å². The minimum Gasteiger partial charge on any atom is -0.394 e. The maximum Gasteiger partial charge on any atom is 0.326 e. The molecule has 4 nitrogen and oxygen atoms in total. The van der Waals surface area contributed by atoms with E-state index < -0.39 is 0 Å². The summed E-state index contributed by atoms with van der Waals surface area (Å²) in [5.74, 6) is 0. The molecule has 0 amide bonds. The topological polar surface area (TPSA) is 58.0 Å². The predicted molar refractivity (Wildman–Crippen MR) is 62.1 cm³/mol. The van der Waals surface area contributed by atoms with Crippen LogP contribution in [0.2, 0.25) is 0 Å². The number of benzene rings is 1. The Morgan fingerprint density at radius 2 is 2.33 bits per heavy atom. The van der Waals surface area contributed by atoms with Crippen molar-refractivity contribution >= 4 is 27.0 Å². The highest BCUT2D eigenvalue weighted by Gasteiger charge is 2.11. The maximum atomic E-state index is 11.6. The zero-order chi connectivity index (χ0) is 11.0. The molecule has 1 aromatic heterocycles. The summed E-state index contributed by atoms with van der Waals surface area (Å²) in [5.41, 5.74) is 1.39. The van der Waals surface area contributed by atoms with E-state index in [0.29, 0.717) is 0 Å². The molecular formula is C10H11BrN2O2. The highest BCUT2D eigenvalue weighted by atomic mass is 79.9. The van der Waals surface area contributed by atoms with Crippen molar-refractivity contribution in [3.05, 3.63) is 33.2 Å². The van der Waals surface area contributed by atoms with Gasteiger partial charge in [0.2, 0.25) is 0 Å². The molecule has 2 rings (SSSR count). The molecule has 1 unspecified atom stereocenters. The zero-order valence-corrected chi connectivity index (χ0v) is 9.78. The molecule has 5 heteroatoms. The highest BCUT2D eigenvalue weighted by molar-refractivity contribution is 9.10. The summed E-state index contributed by atoms with van der Waals surface area (Å²) in [6.45, 7) is 1.75. The number of nitrogens with one attached hydrogen (secondary N) is 1. The van der Waals surface area contributed by atoms with Crippen LogP contribution < -0.4 is 5.69 Å². The third-order valence-corrected chi connectivity index (χ3v) is 2.88. The van der Waals surface area contributed by atoms with Gasteiger partial charge in [0.05, 0.1) is 23.7 Å². The van der Waals surface area contributed by atoms with Crippen LogP contribution in [0.25, 0.3) is 11.0 Å². The molecule has 1 heterocycles. The van der Waals surface area contributed by atoms with Crippen molar-refractivity contribution < 1.29 is 5.11 Å². The quantitative estimate of drug-likeness (QED) is 0.872. The Balaban J connectivity index is 2.74. The first kappa shape index (κ1) is 10.4. The standard InChI is InChI=1S/C10H11BrN2O2/c1-6(5-14)13-9-3-2-7(11)4-8(9)12-10(13)15/h2-4,6,14H,5H2,1H3,(H,12,15). The van der Waals surface area contributed by atoms with Crippen LogP contribution in [0.15, 0.2) is 27.5 Å². The third kappa shape index (κ3) is 1.72. The third-order valence-electron chi connectivity index (χ3n) is 2.38. The molecular weight excluding hydrogens is 260 g/mol. The molecule has 1 atom stereocenters. The van der Waals surface area contributed by atoms with Gasteiger partial charge in [-0.15, -0.1) is 0 Å². The molecule has 1 aromatic carbocycles. The molecule has 0 saturated heterocycles. The summed E-state index contributed by atoms with van der Waals surface area (Å²) in [4.78, 5) is 14.4. The monoisotopic (exact) mass is 270 g/mol. The molecule has 15 heavy (non-hydrogen) atoms. The smallest absolute Gasteiger partial charge is 0.326 e. The molecule has 0 aliphatic heterocycles. The molecule has 2 aromatic rings. The average molecular weight is 271 g/mol. The largest absolute Gasteiger partial charge is 0.394 e. The lowest BCUT2D eigenvalue weighted by Gasteiger charge is -2.09. The Kier molecular flexibility index (Phi) is 2.67. The van der Waals surface area contributed by atoms with Crippen molar-refractivity contribution in [1.29, 1.82) is 0 Å². The molecule has 0 fully saturated rings. The van der Waals surface area contributed by atoms with Crippen LogP contribution in [0.3, 0.4) is 0 Å². The Morgan fingerprint density at radius 3 is 3.00 bits per heavy atom. The summed E-state index contributed by atoms with van der Waals surface area (Å²) in [5, 5.41) is 9.06. The van der Waals surface area contributed by atoms with E-state index in [4.69, 9.17) is 5.11 Å². The highest BCUT2D eigenvalue weighted by Crippen LogP contribution is 2.19. The first-order valence-electron chi connectivity index (χ1n) is 4.64. The van der Waals surface area contributed by atoms with Gasteiger partial charge >= 0.3 is 5.69 Å². The Hall–Kier alpha value is -1.07. The van der Waals surface area contributed by atoms with E-state index in [-0.39, 0.29) is 18.3 Å². The number of aromatic amines is 1. The van der Waals surface area contributed by atoms with E-state index in [1.54, 1.807) is 11.5 Å². The minimum atomic E-state index is -0.215. The fourth-order valence-corrected chi connectivity index (χ4v) is 1.98. The Labute approximate surface area is 94.7 Å². The number of rotatable bonds is 2. The van der Waals surface area contributed by atoms with Crippen LogP contribution in [-0.4, -0.2) is 21.3 Å². The van der Waals surface area contributed by atoms with E-state index in [0.717, 1.165) is 15.5 Å². The lowest BCUT2D eigenvalue weighted by atomic mass is 10.3. The van der Waals surface area contributed by atoms with Crippen LogP contribution in [0.5, 0.6) is 0 Å². The zero-order valence-electron chi connectivity index (χ0n) is 8.20. The second-order valence-corrected chi connectivity index (χ2v) is 4.41. The second-order valence-electron chi connectivity index (χ2n) is 3.49. The maximum absolute atomic E-state index is 11.6. The number of fused-ring (bicyclic) bond motifs is 1. The number of aromatic nitrogens is 2. The van der Waals surface area contributed by atoms with E-state index >= 15 is 0 Å². The second kappa shape index (κ2) is 3.83. The molecule has 0 saturated carbocycles. The van der Waals surface area contributed by atoms with Gasteiger partial charge in [-0.3, -0.25) is 4.57 Å². The fraction of sp³-hybridized carbons (Fsp3) is 0.300. The first-order chi connectivity index (χ1) is 7.13. The van der Waals surface area contributed by atoms with Crippen molar-refractivity contribution in [2.75, 3.05) is 6.61 Å².